The molecule has 0 saturated heterocycles. The summed E-state index contributed by atoms with van der Waals surface area (Å²) in [6.45, 7) is 0. The summed E-state index contributed by atoms with van der Waals surface area (Å²) in [5, 5.41) is 3.13. The number of rotatable bonds is 3. The van der Waals surface area contributed by atoms with Crippen molar-refractivity contribution in [1.29, 1.82) is 0 Å². The van der Waals surface area contributed by atoms with E-state index in [1.165, 1.54) is 10.5 Å². The lowest BCUT2D eigenvalue weighted by molar-refractivity contribution is 0.0934. The number of fused-ring (bicyclic) bond motifs is 1. The number of benzene rings is 1. The minimum absolute atomic E-state index is 0.0653. The summed E-state index contributed by atoms with van der Waals surface area (Å²) in [6.07, 6.45) is 2.59. The Bertz CT molecular complexity index is 670. The lowest BCUT2D eigenvalue weighted by Crippen LogP contribution is -2.30. The van der Waals surface area contributed by atoms with Crippen LogP contribution in [0.3, 0.4) is 0 Å². The van der Waals surface area contributed by atoms with Crippen LogP contribution in [-0.4, -0.2) is 30.7 Å². The highest BCUT2D eigenvalue weighted by Crippen LogP contribution is 2.35. The van der Waals surface area contributed by atoms with E-state index in [0.29, 0.717) is 5.56 Å². The number of anilines is 1. The molecular weight excluding hydrogens is 294 g/mol. The van der Waals surface area contributed by atoms with Gasteiger partial charge in [0, 0.05) is 30.9 Å². The van der Waals surface area contributed by atoms with Crippen LogP contribution in [-0.2, 0) is 0 Å². The highest BCUT2D eigenvalue weighted by atomic mass is 32.2. The summed E-state index contributed by atoms with van der Waals surface area (Å²) >= 11 is 1.85. The number of aromatic nitrogens is 1. The molecule has 0 aliphatic carbocycles. The third kappa shape index (κ3) is 3.09. The van der Waals surface area contributed by atoms with Gasteiger partial charge in [0.15, 0.2) is 0 Å². The molecular formula is C17H19N3OS. The lowest BCUT2D eigenvalue weighted by atomic mass is 10.0. The molecule has 114 valence electrons. The number of amides is 1. The van der Waals surface area contributed by atoms with Gasteiger partial charge in [-0.15, -0.1) is 11.8 Å². The summed E-state index contributed by atoms with van der Waals surface area (Å²) in [5.74, 6) is 1.81. The number of nitrogens with one attached hydrogen (secondary N) is 1. The quantitative estimate of drug-likeness (QED) is 0.946. The van der Waals surface area contributed by atoms with Crippen molar-refractivity contribution in [2.75, 3.05) is 24.7 Å². The van der Waals surface area contributed by atoms with E-state index in [0.717, 1.165) is 18.0 Å². The Kier molecular flexibility index (Phi) is 4.34. The van der Waals surface area contributed by atoms with Crippen LogP contribution in [0.15, 0.2) is 47.5 Å². The van der Waals surface area contributed by atoms with Gasteiger partial charge < -0.3 is 10.2 Å². The second kappa shape index (κ2) is 6.40. The predicted octanol–water partition coefficient (Wildman–Crippen LogP) is 3.11. The third-order valence-corrected chi connectivity index (χ3v) is 4.85. The maximum atomic E-state index is 12.4. The fraction of sp³-hybridized carbons (Fsp3) is 0.294. The highest BCUT2D eigenvalue weighted by molar-refractivity contribution is 7.99. The Labute approximate surface area is 134 Å². The molecule has 1 N–H and O–H groups in total. The van der Waals surface area contributed by atoms with Gasteiger partial charge in [-0.2, -0.15) is 0 Å². The van der Waals surface area contributed by atoms with Crippen molar-refractivity contribution in [3.05, 3.63) is 53.7 Å². The molecule has 0 radical (unpaired) electrons. The SMILES string of the molecule is CN(C)c1ccc(C(=O)N[C@@H]2CCSc3ccccc32)cn1. The third-order valence-electron chi connectivity index (χ3n) is 3.73. The number of hydrogen-bond donors (Lipinski definition) is 1. The van der Waals surface area contributed by atoms with Crippen molar-refractivity contribution in [1.82, 2.24) is 10.3 Å². The van der Waals surface area contributed by atoms with E-state index in [4.69, 9.17) is 0 Å². The van der Waals surface area contributed by atoms with Crippen molar-refractivity contribution in [2.45, 2.75) is 17.4 Å². The van der Waals surface area contributed by atoms with Gasteiger partial charge >= 0.3 is 0 Å². The fourth-order valence-electron chi connectivity index (χ4n) is 2.52. The molecule has 0 fully saturated rings. The van der Waals surface area contributed by atoms with Gasteiger partial charge in [0.05, 0.1) is 11.6 Å². The highest BCUT2D eigenvalue weighted by Gasteiger charge is 2.22. The molecule has 1 amide bonds. The predicted molar refractivity (Wildman–Crippen MR) is 90.6 cm³/mol. The monoisotopic (exact) mass is 313 g/mol. The van der Waals surface area contributed by atoms with Crippen LogP contribution in [0.1, 0.15) is 28.4 Å². The number of carbonyl (C=O) groups excluding carboxylic acids is 1. The summed E-state index contributed by atoms with van der Waals surface area (Å²) in [7, 11) is 3.86. The molecule has 0 spiro atoms. The Balaban J connectivity index is 1.75. The second-order valence-corrected chi connectivity index (χ2v) is 6.64. The van der Waals surface area contributed by atoms with Gasteiger partial charge in [-0.3, -0.25) is 4.79 Å². The summed E-state index contributed by atoms with van der Waals surface area (Å²) in [6, 6.07) is 12.0. The first kappa shape index (κ1) is 14.9. The van der Waals surface area contributed by atoms with Gasteiger partial charge in [0.1, 0.15) is 5.82 Å². The lowest BCUT2D eigenvalue weighted by Gasteiger charge is -2.25. The van der Waals surface area contributed by atoms with Crippen LogP contribution >= 0.6 is 11.8 Å². The van der Waals surface area contributed by atoms with Gasteiger partial charge in [-0.25, -0.2) is 4.98 Å². The average molecular weight is 313 g/mol. The first-order valence-corrected chi connectivity index (χ1v) is 8.29. The van der Waals surface area contributed by atoms with Gasteiger partial charge in [0.2, 0.25) is 0 Å². The van der Waals surface area contributed by atoms with E-state index in [9.17, 15) is 4.79 Å². The van der Waals surface area contributed by atoms with Crippen molar-refractivity contribution < 1.29 is 4.79 Å². The van der Waals surface area contributed by atoms with Crippen LogP contribution in [0.5, 0.6) is 0 Å². The molecule has 1 atom stereocenters. The zero-order valence-electron chi connectivity index (χ0n) is 12.7. The minimum Gasteiger partial charge on any atom is -0.363 e. The van der Waals surface area contributed by atoms with E-state index in [2.05, 4.69) is 22.4 Å². The largest absolute Gasteiger partial charge is 0.363 e. The number of nitrogens with zero attached hydrogens (tertiary/aromatic N) is 2. The van der Waals surface area contributed by atoms with Crippen LogP contribution in [0, 0.1) is 0 Å². The number of hydrogen-bond acceptors (Lipinski definition) is 4. The van der Waals surface area contributed by atoms with E-state index in [1.54, 1.807) is 6.20 Å². The molecule has 0 unspecified atom stereocenters. The van der Waals surface area contributed by atoms with E-state index in [-0.39, 0.29) is 11.9 Å². The Morgan fingerprint density at radius 3 is 2.82 bits per heavy atom. The van der Waals surface area contributed by atoms with Crippen LogP contribution in [0.2, 0.25) is 0 Å². The standard InChI is InChI=1S/C17H19N3OS/c1-20(2)16-8-7-12(11-18-16)17(21)19-14-9-10-22-15-6-4-3-5-13(14)15/h3-8,11,14H,9-10H2,1-2H3,(H,19,21)/t14-/m1/s1. The van der Waals surface area contributed by atoms with Crippen molar-refractivity contribution in [2.24, 2.45) is 0 Å². The Hall–Kier alpha value is -2.01. The zero-order valence-corrected chi connectivity index (χ0v) is 13.6. The van der Waals surface area contributed by atoms with E-state index in [1.807, 2.05) is 55.0 Å². The molecule has 2 heterocycles. The zero-order chi connectivity index (χ0) is 15.5. The smallest absolute Gasteiger partial charge is 0.253 e. The molecule has 22 heavy (non-hydrogen) atoms. The number of thioether (sulfide) groups is 1. The summed E-state index contributed by atoms with van der Waals surface area (Å²) in [5.41, 5.74) is 1.81. The molecule has 0 saturated carbocycles. The van der Waals surface area contributed by atoms with Gasteiger partial charge in [0.25, 0.3) is 5.91 Å². The van der Waals surface area contributed by atoms with Gasteiger partial charge in [-0.05, 0) is 30.2 Å². The van der Waals surface area contributed by atoms with Crippen LogP contribution in [0.25, 0.3) is 0 Å². The minimum atomic E-state index is -0.0653. The summed E-state index contributed by atoms with van der Waals surface area (Å²) < 4.78 is 0. The Morgan fingerprint density at radius 2 is 2.09 bits per heavy atom. The Morgan fingerprint density at radius 1 is 1.27 bits per heavy atom. The first-order valence-electron chi connectivity index (χ1n) is 7.31. The molecule has 4 nitrogen and oxygen atoms in total. The molecule has 3 rings (SSSR count). The van der Waals surface area contributed by atoms with E-state index >= 15 is 0 Å². The molecule has 1 aliphatic rings. The van der Waals surface area contributed by atoms with Crippen LogP contribution < -0.4 is 10.2 Å². The van der Waals surface area contributed by atoms with E-state index < -0.39 is 0 Å². The van der Waals surface area contributed by atoms with Crippen molar-refractivity contribution >= 4 is 23.5 Å². The molecule has 1 aromatic heterocycles. The number of pyridine rings is 1. The molecule has 5 heteroatoms. The molecule has 1 aromatic carbocycles. The normalized spacial score (nSPS) is 16.7. The van der Waals surface area contributed by atoms with Gasteiger partial charge in [-0.1, -0.05) is 18.2 Å². The van der Waals surface area contributed by atoms with Crippen molar-refractivity contribution in [3.63, 3.8) is 0 Å². The maximum absolute atomic E-state index is 12.4. The first-order chi connectivity index (χ1) is 10.6. The van der Waals surface area contributed by atoms with Crippen molar-refractivity contribution in [3.8, 4) is 0 Å². The molecule has 2 aromatic rings. The fourth-order valence-corrected chi connectivity index (χ4v) is 3.64. The topological polar surface area (TPSA) is 45.2 Å². The molecule has 0 bridgehead atoms. The number of carbonyl (C=O) groups is 1. The van der Waals surface area contributed by atoms with Crippen LogP contribution in [0.4, 0.5) is 5.82 Å². The molecule has 1 aliphatic heterocycles. The summed E-state index contributed by atoms with van der Waals surface area (Å²) in [4.78, 5) is 19.9. The maximum Gasteiger partial charge on any atom is 0.253 e. The second-order valence-electron chi connectivity index (χ2n) is 5.50. The average Bonchev–Trinajstić information content (AvgIpc) is 2.55.